The number of benzene rings is 2. The first kappa shape index (κ1) is 20.3. The number of morpholine rings is 1. The molecule has 0 spiro atoms. The Morgan fingerprint density at radius 1 is 1.03 bits per heavy atom. The molecule has 9 heteroatoms. The van der Waals surface area contributed by atoms with Crippen LogP contribution in [0.25, 0.3) is 10.9 Å². The lowest BCUT2D eigenvalue weighted by Crippen LogP contribution is -2.40. The first-order chi connectivity index (χ1) is 14.5. The van der Waals surface area contributed by atoms with Gasteiger partial charge in [-0.15, -0.1) is 0 Å². The molecule has 0 aliphatic carbocycles. The summed E-state index contributed by atoms with van der Waals surface area (Å²) in [6, 6.07) is 15.5. The molecule has 8 nitrogen and oxygen atoms in total. The molecule has 30 heavy (non-hydrogen) atoms. The molecule has 2 amide bonds. The summed E-state index contributed by atoms with van der Waals surface area (Å²) in [4.78, 5) is 16.8. The Morgan fingerprint density at radius 2 is 1.77 bits per heavy atom. The van der Waals surface area contributed by atoms with Gasteiger partial charge in [0.05, 0.1) is 29.3 Å². The van der Waals surface area contributed by atoms with E-state index >= 15 is 0 Å². The lowest BCUT2D eigenvalue weighted by Gasteiger charge is -2.26. The van der Waals surface area contributed by atoms with Crippen LogP contribution in [0, 0.1) is 0 Å². The monoisotopic (exact) mass is 426 g/mol. The number of anilines is 1. The number of ether oxygens (including phenoxy) is 1. The van der Waals surface area contributed by atoms with Crippen molar-refractivity contribution in [3.8, 4) is 0 Å². The van der Waals surface area contributed by atoms with Gasteiger partial charge in [-0.2, -0.15) is 4.31 Å². The fraction of sp³-hybridized carbons (Fsp3) is 0.238. The van der Waals surface area contributed by atoms with Crippen LogP contribution < -0.4 is 10.6 Å². The Morgan fingerprint density at radius 3 is 2.53 bits per heavy atom. The van der Waals surface area contributed by atoms with E-state index in [1.807, 2.05) is 24.3 Å². The molecule has 0 radical (unpaired) electrons. The van der Waals surface area contributed by atoms with Gasteiger partial charge >= 0.3 is 6.03 Å². The van der Waals surface area contributed by atoms with Crippen LogP contribution in [0.1, 0.15) is 5.56 Å². The minimum absolute atomic E-state index is 0.236. The standard InChI is InChI=1S/C21H22N4O4S/c26-21(24-19-5-1-3-17-4-2-10-22-20(17)19)23-15-16-6-8-18(9-7-16)30(27,28)25-11-13-29-14-12-25/h1-10H,11-15H2,(H2,23,24,26). The maximum absolute atomic E-state index is 12.7. The van der Waals surface area contributed by atoms with Crippen molar-refractivity contribution in [2.24, 2.45) is 0 Å². The fourth-order valence-corrected chi connectivity index (χ4v) is 4.68. The lowest BCUT2D eigenvalue weighted by molar-refractivity contribution is 0.0730. The Kier molecular flexibility index (Phi) is 5.93. The van der Waals surface area contributed by atoms with Crippen LogP contribution in [0.3, 0.4) is 0 Å². The molecule has 4 rings (SSSR count). The minimum Gasteiger partial charge on any atom is -0.379 e. The number of carbonyl (C=O) groups excluding carboxylic acids is 1. The molecule has 2 heterocycles. The summed E-state index contributed by atoms with van der Waals surface area (Å²) in [5.41, 5.74) is 2.13. The molecule has 0 bridgehead atoms. The summed E-state index contributed by atoms with van der Waals surface area (Å²) in [6.07, 6.45) is 1.68. The number of pyridine rings is 1. The molecule has 2 N–H and O–H groups in total. The predicted octanol–water partition coefficient (Wildman–Crippen LogP) is 2.58. The molecule has 1 aliphatic heterocycles. The van der Waals surface area contributed by atoms with Crippen LogP contribution >= 0.6 is 0 Å². The minimum atomic E-state index is -3.52. The van der Waals surface area contributed by atoms with E-state index in [4.69, 9.17) is 4.74 Å². The van der Waals surface area contributed by atoms with Crippen LogP contribution in [0.2, 0.25) is 0 Å². The highest BCUT2D eigenvalue weighted by Gasteiger charge is 2.26. The predicted molar refractivity (Wildman–Crippen MR) is 114 cm³/mol. The maximum Gasteiger partial charge on any atom is 0.319 e. The van der Waals surface area contributed by atoms with Crippen molar-refractivity contribution in [1.82, 2.24) is 14.6 Å². The van der Waals surface area contributed by atoms with E-state index in [1.54, 1.807) is 36.5 Å². The number of para-hydroxylation sites is 1. The third-order valence-electron chi connectivity index (χ3n) is 4.87. The number of fused-ring (bicyclic) bond motifs is 1. The van der Waals surface area contributed by atoms with Gasteiger partial charge in [0.15, 0.2) is 0 Å². The summed E-state index contributed by atoms with van der Waals surface area (Å²) in [5.74, 6) is 0. The van der Waals surface area contributed by atoms with Crippen molar-refractivity contribution in [3.63, 3.8) is 0 Å². The van der Waals surface area contributed by atoms with Gasteiger partial charge in [-0.25, -0.2) is 13.2 Å². The van der Waals surface area contributed by atoms with Crippen molar-refractivity contribution >= 4 is 32.6 Å². The Bertz CT molecular complexity index is 1140. The molecular formula is C21H22N4O4S. The average molecular weight is 426 g/mol. The third kappa shape index (κ3) is 4.43. The van der Waals surface area contributed by atoms with Crippen LogP contribution in [-0.2, 0) is 21.3 Å². The molecule has 0 atom stereocenters. The van der Waals surface area contributed by atoms with Crippen LogP contribution in [0.5, 0.6) is 0 Å². The summed E-state index contributed by atoms with van der Waals surface area (Å²) in [5, 5.41) is 6.52. The largest absolute Gasteiger partial charge is 0.379 e. The van der Waals surface area contributed by atoms with E-state index in [0.717, 1.165) is 10.9 Å². The molecule has 1 aliphatic rings. The second kappa shape index (κ2) is 8.78. The van der Waals surface area contributed by atoms with E-state index in [1.165, 1.54) is 4.31 Å². The zero-order chi connectivity index (χ0) is 21.0. The van der Waals surface area contributed by atoms with Gasteiger partial charge in [0.2, 0.25) is 10.0 Å². The Hall–Kier alpha value is -3.01. The number of hydrogen-bond acceptors (Lipinski definition) is 5. The second-order valence-electron chi connectivity index (χ2n) is 6.85. The number of carbonyl (C=O) groups is 1. The molecule has 0 unspecified atom stereocenters. The van der Waals surface area contributed by atoms with Gasteiger partial charge in [0, 0.05) is 31.2 Å². The van der Waals surface area contributed by atoms with Crippen molar-refractivity contribution in [2.75, 3.05) is 31.6 Å². The van der Waals surface area contributed by atoms with Crippen molar-refractivity contribution in [2.45, 2.75) is 11.4 Å². The summed E-state index contributed by atoms with van der Waals surface area (Å²) in [6.45, 7) is 1.79. The average Bonchev–Trinajstić information content (AvgIpc) is 2.79. The smallest absolute Gasteiger partial charge is 0.319 e. The second-order valence-corrected chi connectivity index (χ2v) is 8.79. The summed E-state index contributed by atoms with van der Waals surface area (Å²) >= 11 is 0. The number of urea groups is 1. The molecular weight excluding hydrogens is 404 g/mol. The van der Waals surface area contributed by atoms with Crippen LogP contribution in [0.4, 0.5) is 10.5 Å². The fourth-order valence-electron chi connectivity index (χ4n) is 3.27. The molecule has 3 aromatic rings. The molecule has 1 saturated heterocycles. The van der Waals surface area contributed by atoms with Gasteiger partial charge in [-0.1, -0.05) is 30.3 Å². The quantitative estimate of drug-likeness (QED) is 0.653. The Labute approximate surface area is 174 Å². The highest BCUT2D eigenvalue weighted by molar-refractivity contribution is 7.89. The van der Waals surface area contributed by atoms with E-state index < -0.39 is 10.0 Å². The van der Waals surface area contributed by atoms with Crippen LogP contribution in [0.15, 0.2) is 65.7 Å². The van der Waals surface area contributed by atoms with Crippen LogP contribution in [-0.4, -0.2) is 50.0 Å². The molecule has 0 saturated carbocycles. The SMILES string of the molecule is O=C(NCc1ccc(S(=O)(=O)N2CCOCC2)cc1)Nc1cccc2cccnc12. The van der Waals surface area contributed by atoms with E-state index in [9.17, 15) is 13.2 Å². The topological polar surface area (TPSA) is 101 Å². The van der Waals surface area contributed by atoms with E-state index in [0.29, 0.717) is 37.5 Å². The molecule has 156 valence electrons. The zero-order valence-electron chi connectivity index (χ0n) is 16.2. The highest BCUT2D eigenvalue weighted by atomic mass is 32.2. The Balaban J connectivity index is 1.37. The summed E-state index contributed by atoms with van der Waals surface area (Å²) in [7, 11) is -3.52. The maximum atomic E-state index is 12.7. The first-order valence-electron chi connectivity index (χ1n) is 9.59. The number of sulfonamides is 1. The third-order valence-corrected chi connectivity index (χ3v) is 6.78. The lowest BCUT2D eigenvalue weighted by atomic mass is 10.2. The number of aromatic nitrogens is 1. The summed E-state index contributed by atoms with van der Waals surface area (Å²) < 4.78 is 32.0. The number of hydrogen-bond donors (Lipinski definition) is 2. The molecule has 2 aromatic carbocycles. The number of nitrogens with one attached hydrogen (secondary N) is 2. The number of nitrogens with zero attached hydrogens (tertiary/aromatic N) is 2. The van der Waals surface area contributed by atoms with Crippen molar-refractivity contribution in [3.05, 3.63) is 66.4 Å². The molecule has 1 fully saturated rings. The normalized spacial score (nSPS) is 15.1. The first-order valence-corrected chi connectivity index (χ1v) is 11.0. The number of amides is 2. The van der Waals surface area contributed by atoms with Gasteiger partial charge in [0.1, 0.15) is 0 Å². The number of rotatable bonds is 5. The van der Waals surface area contributed by atoms with Gasteiger partial charge in [0.25, 0.3) is 0 Å². The van der Waals surface area contributed by atoms with Gasteiger partial charge in [-0.05, 0) is 29.8 Å². The van der Waals surface area contributed by atoms with Crippen molar-refractivity contribution < 1.29 is 17.9 Å². The zero-order valence-corrected chi connectivity index (χ0v) is 17.1. The van der Waals surface area contributed by atoms with Gasteiger partial charge in [-0.3, -0.25) is 4.98 Å². The van der Waals surface area contributed by atoms with E-state index in [-0.39, 0.29) is 17.5 Å². The van der Waals surface area contributed by atoms with E-state index in [2.05, 4.69) is 15.6 Å². The van der Waals surface area contributed by atoms with Gasteiger partial charge < -0.3 is 15.4 Å². The highest BCUT2D eigenvalue weighted by Crippen LogP contribution is 2.21. The molecule has 1 aromatic heterocycles. The van der Waals surface area contributed by atoms with Crippen molar-refractivity contribution in [1.29, 1.82) is 0 Å².